The van der Waals surface area contributed by atoms with Gasteiger partial charge in [-0.3, -0.25) is 4.79 Å². The second-order valence-corrected chi connectivity index (χ2v) is 6.92. The monoisotopic (exact) mass is 364 g/mol. The summed E-state index contributed by atoms with van der Waals surface area (Å²) in [6.07, 6.45) is 0. The molecule has 26 heavy (non-hydrogen) atoms. The van der Waals surface area contributed by atoms with E-state index in [0.717, 1.165) is 11.1 Å². The molecule has 1 heterocycles. The van der Waals surface area contributed by atoms with Crippen LogP contribution in [0.3, 0.4) is 0 Å². The zero-order chi connectivity index (χ0) is 18.5. The van der Waals surface area contributed by atoms with Gasteiger partial charge < -0.3 is 9.73 Å². The van der Waals surface area contributed by atoms with Crippen molar-refractivity contribution in [2.75, 3.05) is 5.32 Å². The highest BCUT2D eigenvalue weighted by Crippen LogP contribution is 2.28. The standard InChI is InChI=1S/C19H16N4O2S/c1-12-6-3-4-9-16(12)18-22-23-19(25-18)26-13(2)17(24)21-15-8-5-7-14(10-15)11-20/h3-10,13H,1-2H3,(H,21,24)/t13-/m1/s1. The van der Waals surface area contributed by atoms with Gasteiger partial charge in [-0.25, -0.2) is 0 Å². The van der Waals surface area contributed by atoms with Crippen LogP contribution in [0, 0.1) is 18.3 Å². The normalized spacial score (nSPS) is 11.6. The summed E-state index contributed by atoms with van der Waals surface area (Å²) >= 11 is 1.18. The number of amides is 1. The average Bonchev–Trinajstić information content (AvgIpc) is 3.10. The molecule has 2 aromatic carbocycles. The quantitative estimate of drug-likeness (QED) is 0.687. The maximum atomic E-state index is 12.3. The van der Waals surface area contributed by atoms with E-state index in [0.29, 0.717) is 22.4 Å². The molecular weight excluding hydrogens is 348 g/mol. The molecule has 0 fully saturated rings. The Bertz CT molecular complexity index is 977. The molecule has 0 aliphatic rings. The molecule has 1 atom stereocenters. The number of anilines is 1. The van der Waals surface area contributed by atoms with E-state index in [1.165, 1.54) is 11.8 Å². The van der Waals surface area contributed by atoms with Crippen molar-refractivity contribution in [3.05, 3.63) is 59.7 Å². The van der Waals surface area contributed by atoms with Crippen LogP contribution in [0.25, 0.3) is 11.5 Å². The fraction of sp³-hybridized carbons (Fsp3) is 0.158. The number of aryl methyl sites for hydroxylation is 1. The van der Waals surface area contributed by atoms with Crippen LogP contribution < -0.4 is 5.32 Å². The Morgan fingerprint density at radius 2 is 2.04 bits per heavy atom. The van der Waals surface area contributed by atoms with Crippen molar-refractivity contribution in [1.82, 2.24) is 10.2 Å². The SMILES string of the molecule is Cc1ccccc1-c1nnc(S[C@H](C)C(=O)Nc2cccc(C#N)c2)o1. The molecule has 6 nitrogen and oxygen atoms in total. The van der Waals surface area contributed by atoms with Gasteiger partial charge in [-0.15, -0.1) is 10.2 Å². The van der Waals surface area contributed by atoms with E-state index in [4.69, 9.17) is 9.68 Å². The molecule has 7 heteroatoms. The third-order valence-electron chi connectivity index (χ3n) is 3.69. The molecule has 0 saturated carbocycles. The van der Waals surface area contributed by atoms with Gasteiger partial charge in [0, 0.05) is 11.3 Å². The Labute approximate surface area is 155 Å². The van der Waals surface area contributed by atoms with E-state index >= 15 is 0 Å². The Kier molecular flexibility index (Phi) is 5.34. The van der Waals surface area contributed by atoms with E-state index in [9.17, 15) is 4.79 Å². The van der Waals surface area contributed by atoms with Crippen molar-refractivity contribution in [2.45, 2.75) is 24.3 Å². The fourth-order valence-electron chi connectivity index (χ4n) is 2.29. The molecule has 0 saturated heterocycles. The van der Waals surface area contributed by atoms with Crippen LogP contribution in [0.2, 0.25) is 0 Å². The lowest BCUT2D eigenvalue weighted by Gasteiger charge is -2.10. The summed E-state index contributed by atoms with van der Waals surface area (Å²) in [5.74, 6) is 0.223. The highest BCUT2D eigenvalue weighted by molar-refractivity contribution is 8.00. The third-order valence-corrected chi connectivity index (χ3v) is 4.62. The molecule has 130 valence electrons. The zero-order valence-electron chi connectivity index (χ0n) is 14.3. The molecule has 0 aliphatic carbocycles. The third kappa shape index (κ3) is 4.10. The summed E-state index contributed by atoms with van der Waals surface area (Å²) < 4.78 is 5.68. The molecule has 3 rings (SSSR count). The van der Waals surface area contributed by atoms with Crippen LogP contribution in [0.15, 0.2) is 58.2 Å². The Morgan fingerprint density at radius 3 is 2.81 bits per heavy atom. The van der Waals surface area contributed by atoms with Gasteiger partial charge in [0.2, 0.25) is 11.8 Å². The van der Waals surface area contributed by atoms with E-state index in [1.807, 2.05) is 37.3 Å². The summed E-state index contributed by atoms with van der Waals surface area (Å²) in [7, 11) is 0. The van der Waals surface area contributed by atoms with Gasteiger partial charge in [0.1, 0.15) is 0 Å². The van der Waals surface area contributed by atoms with Crippen molar-refractivity contribution in [1.29, 1.82) is 5.26 Å². The Balaban J connectivity index is 1.66. The van der Waals surface area contributed by atoms with E-state index in [1.54, 1.807) is 31.2 Å². The van der Waals surface area contributed by atoms with Gasteiger partial charge in [0.05, 0.1) is 16.9 Å². The summed E-state index contributed by atoms with van der Waals surface area (Å²) in [5.41, 5.74) is 2.98. The second kappa shape index (κ2) is 7.85. The molecule has 0 bridgehead atoms. The lowest BCUT2D eigenvalue weighted by atomic mass is 10.1. The van der Waals surface area contributed by atoms with Gasteiger partial charge in [0.15, 0.2) is 0 Å². The smallest absolute Gasteiger partial charge is 0.277 e. The minimum absolute atomic E-state index is 0.208. The topological polar surface area (TPSA) is 91.8 Å². The number of rotatable bonds is 5. The Hall–Kier alpha value is -3.11. The summed E-state index contributed by atoms with van der Waals surface area (Å²) in [6.45, 7) is 3.73. The van der Waals surface area contributed by atoms with Crippen molar-refractivity contribution < 1.29 is 9.21 Å². The predicted molar refractivity (Wildman–Crippen MR) is 99.6 cm³/mol. The van der Waals surface area contributed by atoms with Crippen molar-refractivity contribution >= 4 is 23.4 Å². The van der Waals surface area contributed by atoms with Crippen LogP contribution in [0.1, 0.15) is 18.1 Å². The molecule has 0 aliphatic heterocycles. The summed E-state index contributed by atoms with van der Waals surface area (Å²) in [6, 6.07) is 16.5. The minimum Gasteiger partial charge on any atom is -0.411 e. The maximum absolute atomic E-state index is 12.3. The first kappa shape index (κ1) is 17.7. The predicted octanol–water partition coefficient (Wildman–Crippen LogP) is 4.04. The van der Waals surface area contributed by atoms with Crippen molar-refractivity contribution in [3.8, 4) is 17.5 Å². The maximum Gasteiger partial charge on any atom is 0.277 e. The number of nitriles is 1. The number of nitrogens with zero attached hydrogens (tertiary/aromatic N) is 3. The first-order chi connectivity index (χ1) is 12.6. The molecular formula is C19H16N4O2S. The van der Waals surface area contributed by atoms with Crippen LogP contribution in [-0.4, -0.2) is 21.4 Å². The minimum atomic E-state index is -0.439. The fourth-order valence-corrected chi connectivity index (χ4v) is 2.98. The van der Waals surface area contributed by atoms with Crippen LogP contribution in [0.4, 0.5) is 5.69 Å². The number of benzene rings is 2. The number of thioether (sulfide) groups is 1. The number of hydrogen-bond acceptors (Lipinski definition) is 6. The highest BCUT2D eigenvalue weighted by atomic mass is 32.2. The van der Waals surface area contributed by atoms with Crippen molar-refractivity contribution in [3.63, 3.8) is 0 Å². The molecule has 0 unspecified atom stereocenters. The molecule has 1 N–H and O–H groups in total. The van der Waals surface area contributed by atoms with E-state index in [2.05, 4.69) is 15.5 Å². The van der Waals surface area contributed by atoms with E-state index in [-0.39, 0.29) is 5.91 Å². The Morgan fingerprint density at radius 1 is 1.23 bits per heavy atom. The summed E-state index contributed by atoms with van der Waals surface area (Å²) in [4.78, 5) is 12.3. The van der Waals surface area contributed by atoms with Gasteiger partial charge in [0.25, 0.3) is 5.22 Å². The molecule has 0 radical (unpaired) electrons. The van der Waals surface area contributed by atoms with Gasteiger partial charge in [-0.2, -0.15) is 5.26 Å². The number of carbonyl (C=O) groups is 1. The van der Waals surface area contributed by atoms with Gasteiger partial charge in [-0.05, 0) is 43.7 Å². The number of nitrogens with one attached hydrogen (secondary N) is 1. The number of carbonyl (C=O) groups excluding carboxylic acids is 1. The van der Waals surface area contributed by atoms with Crippen LogP contribution in [0.5, 0.6) is 0 Å². The van der Waals surface area contributed by atoms with Gasteiger partial charge >= 0.3 is 0 Å². The first-order valence-corrected chi connectivity index (χ1v) is 8.82. The molecule has 3 aromatic rings. The number of hydrogen-bond donors (Lipinski definition) is 1. The lowest BCUT2D eigenvalue weighted by Crippen LogP contribution is -2.22. The molecule has 0 spiro atoms. The number of aromatic nitrogens is 2. The highest BCUT2D eigenvalue weighted by Gasteiger charge is 2.19. The van der Waals surface area contributed by atoms with Crippen LogP contribution in [-0.2, 0) is 4.79 Å². The first-order valence-electron chi connectivity index (χ1n) is 7.94. The largest absolute Gasteiger partial charge is 0.411 e. The lowest BCUT2D eigenvalue weighted by molar-refractivity contribution is -0.115. The second-order valence-electron chi connectivity index (χ2n) is 5.63. The van der Waals surface area contributed by atoms with E-state index < -0.39 is 5.25 Å². The van der Waals surface area contributed by atoms with Crippen molar-refractivity contribution in [2.24, 2.45) is 0 Å². The average molecular weight is 364 g/mol. The van der Waals surface area contributed by atoms with Gasteiger partial charge in [-0.1, -0.05) is 36.0 Å². The molecule has 1 aromatic heterocycles. The molecule has 1 amide bonds. The summed E-state index contributed by atoms with van der Waals surface area (Å²) in [5, 5.41) is 19.7. The zero-order valence-corrected chi connectivity index (χ0v) is 15.1. The van der Waals surface area contributed by atoms with Crippen LogP contribution >= 0.6 is 11.8 Å².